The van der Waals surface area contributed by atoms with E-state index in [2.05, 4.69) is 10.1 Å². The number of alkyl halides is 4. The largest absolute Gasteiger partial charge is 0.364 e. The van der Waals surface area contributed by atoms with Crippen LogP contribution < -0.4 is 5.01 Å². The monoisotopic (exact) mass is 485 g/mol. The van der Waals surface area contributed by atoms with Gasteiger partial charge >= 0.3 is 12.3 Å². The zero-order valence-corrected chi connectivity index (χ0v) is 18.7. The van der Waals surface area contributed by atoms with Gasteiger partial charge in [-0.1, -0.05) is 66.2 Å². The lowest BCUT2D eigenvalue weighted by atomic mass is 9.95. The third kappa shape index (κ3) is 3.65. The van der Waals surface area contributed by atoms with Gasteiger partial charge in [-0.3, -0.25) is 0 Å². The number of aromatic nitrogens is 1. The maximum atomic E-state index is 14.7. The molecule has 9 heteroatoms. The van der Waals surface area contributed by atoms with Crippen LogP contribution in [0.2, 0.25) is 0 Å². The number of thiazole rings is 1. The van der Waals surface area contributed by atoms with Gasteiger partial charge in [-0.05, 0) is 29.3 Å². The average molecular weight is 486 g/mol. The minimum Gasteiger partial charge on any atom is -0.364 e. The molecule has 3 aromatic carbocycles. The number of anilines is 1. The molecule has 1 aliphatic rings. The first-order valence-corrected chi connectivity index (χ1v) is 11.3. The fraction of sp³-hybridized carbons (Fsp3) is 0.200. The predicted octanol–water partition coefficient (Wildman–Crippen LogP) is 6.48. The summed E-state index contributed by atoms with van der Waals surface area (Å²) < 4.78 is 56.4. The topological polar surface area (TPSA) is 48.7 Å². The molecule has 34 heavy (non-hydrogen) atoms. The molecule has 4 aromatic rings. The quantitative estimate of drug-likeness (QED) is 0.330. The van der Waals surface area contributed by atoms with Crippen LogP contribution in [-0.4, -0.2) is 33.9 Å². The lowest BCUT2D eigenvalue weighted by Crippen LogP contribution is -2.60. The van der Waals surface area contributed by atoms with Crippen molar-refractivity contribution in [1.29, 1.82) is 0 Å². The minimum atomic E-state index is -4.76. The summed E-state index contributed by atoms with van der Waals surface area (Å²) in [4.78, 5) is 4.34. The molecular weight excluding hydrogens is 466 g/mol. The second-order valence-corrected chi connectivity index (χ2v) is 9.06. The van der Waals surface area contributed by atoms with Crippen molar-refractivity contribution in [3.63, 3.8) is 0 Å². The third-order valence-electron chi connectivity index (χ3n) is 5.90. The van der Waals surface area contributed by atoms with Crippen molar-refractivity contribution in [1.82, 2.24) is 4.98 Å². The van der Waals surface area contributed by atoms with E-state index in [1.807, 2.05) is 55.5 Å². The number of halogens is 4. The Hall–Kier alpha value is -3.30. The lowest BCUT2D eigenvalue weighted by Gasteiger charge is -2.36. The van der Waals surface area contributed by atoms with Crippen LogP contribution >= 0.6 is 11.3 Å². The van der Waals surface area contributed by atoms with Gasteiger partial charge in [-0.15, -0.1) is 11.3 Å². The van der Waals surface area contributed by atoms with Crippen molar-refractivity contribution < 1.29 is 22.7 Å². The van der Waals surface area contributed by atoms with Crippen LogP contribution in [0.3, 0.4) is 0 Å². The smallest absolute Gasteiger partial charge is 0.355 e. The molecule has 174 valence electrons. The van der Waals surface area contributed by atoms with Crippen LogP contribution in [0.5, 0.6) is 0 Å². The van der Waals surface area contributed by atoms with Gasteiger partial charge < -0.3 is 5.11 Å². The van der Waals surface area contributed by atoms with E-state index < -0.39 is 24.5 Å². The number of aryl methyl sites for hydroxylation is 1. The number of nitrogens with zero attached hydrogens (tertiary/aromatic N) is 3. The maximum Gasteiger partial charge on any atom is 0.355 e. The van der Waals surface area contributed by atoms with Gasteiger partial charge in [0.2, 0.25) is 10.9 Å². The molecule has 4 nitrogen and oxygen atoms in total. The van der Waals surface area contributed by atoms with Crippen molar-refractivity contribution in [3.8, 4) is 11.3 Å². The molecule has 0 fully saturated rings. The van der Waals surface area contributed by atoms with Gasteiger partial charge in [0.05, 0.1) is 11.4 Å². The third-order valence-corrected chi connectivity index (χ3v) is 6.71. The highest BCUT2D eigenvalue weighted by atomic mass is 32.1. The lowest BCUT2D eigenvalue weighted by molar-refractivity contribution is -0.237. The molecule has 0 bridgehead atoms. The van der Waals surface area contributed by atoms with E-state index in [-0.39, 0.29) is 10.8 Å². The van der Waals surface area contributed by atoms with Gasteiger partial charge in [0, 0.05) is 17.4 Å². The first-order chi connectivity index (χ1) is 16.2. The molecule has 0 radical (unpaired) electrons. The van der Waals surface area contributed by atoms with Crippen LogP contribution in [0, 0.1) is 6.92 Å². The Labute approximate surface area is 196 Å². The number of hydrogen-bond donors (Lipinski definition) is 1. The number of fused-ring (bicyclic) bond motifs is 1. The van der Waals surface area contributed by atoms with Gasteiger partial charge in [0.1, 0.15) is 0 Å². The summed E-state index contributed by atoms with van der Waals surface area (Å²) in [6, 6.07) is 20.0. The summed E-state index contributed by atoms with van der Waals surface area (Å²) in [5.74, 6) is -4.76. The van der Waals surface area contributed by atoms with E-state index in [0.717, 1.165) is 33.2 Å². The molecular formula is C25H19F4N3OS. The number of hydrogen-bond acceptors (Lipinski definition) is 5. The Morgan fingerprint density at radius 2 is 1.68 bits per heavy atom. The van der Waals surface area contributed by atoms with Crippen molar-refractivity contribution >= 4 is 33.0 Å². The summed E-state index contributed by atoms with van der Waals surface area (Å²) in [6.07, 6.45) is -4.88. The summed E-state index contributed by atoms with van der Waals surface area (Å²) in [7, 11) is 0. The molecule has 0 unspecified atom stereocenters. The normalized spacial score (nSPS) is 18.7. The van der Waals surface area contributed by atoms with E-state index >= 15 is 0 Å². The molecule has 1 N–H and O–H groups in total. The molecule has 2 heterocycles. The Morgan fingerprint density at radius 1 is 1.00 bits per heavy atom. The first-order valence-electron chi connectivity index (χ1n) is 10.5. The molecule has 0 aliphatic carbocycles. The molecule has 1 aromatic heterocycles. The zero-order valence-electron chi connectivity index (χ0n) is 17.9. The summed E-state index contributed by atoms with van der Waals surface area (Å²) in [5.41, 5.74) is -0.507. The fourth-order valence-corrected chi connectivity index (χ4v) is 4.78. The summed E-state index contributed by atoms with van der Waals surface area (Å²) >= 11 is 0.945. The van der Waals surface area contributed by atoms with Gasteiger partial charge in [0.15, 0.2) is 0 Å². The molecule has 0 saturated carbocycles. The average Bonchev–Trinajstić information content (AvgIpc) is 3.45. The first kappa shape index (κ1) is 22.5. The maximum absolute atomic E-state index is 14.7. The van der Waals surface area contributed by atoms with Crippen LogP contribution in [0.15, 0.2) is 77.2 Å². The van der Waals surface area contributed by atoms with Crippen LogP contribution in [0.4, 0.5) is 22.7 Å². The highest BCUT2D eigenvalue weighted by molar-refractivity contribution is 7.14. The van der Waals surface area contributed by atoms with E-state index in [0.29, 0.717) is 16.3 Å². The van der Waals surface area contributed by atoms with Crippen LogP contribution in [0.25, 0.3) is 22.0 Å². The molecule has 0 amide bonds. The molecule has 1 atom stereocenters. The molecule has 1 aliphatic heterocycles. The second kappa shape index (κ2) is 8.18. The minimum absolute atomic E-state index is 0.0701. The summed E-state index contributed by atoms with van der Waals surface area (Å²) in [6.45, 7) is 1.93. The zero-order chi connectivity index (χ0) is 24.1. The van der Waals surface area contributed by atoms with Gasteiger partial charge in [-0.2, -0.15) is 18.9 Å². The number of benzene rings is 3. The molecule has 0 spiro atoms. The van der Waals surface area contributed by atoms with Crippen molar-refractivity contribution in [3.05, 3.63) is 83.2 Å². The van der Waals surface area contributed by atoms with Gasteiger partial charge in [-0.25, -0.2) is 13.8 Å². The number of rotatable bonds is 5. The van der Waals surface area contributed by atoms with Crippen LogP contribution in [0.1, 0.15) is 17.5 Å². The summed E-state index contributed by atoms with van der Waals surface area (Å²) in [5, 5.41) is 19.0. The number of hydrazone groups is 1. The van der Waals surface area contributed by atoms with Crippen molar-refractivity contribution in [2.75, 3.05) is 5.01 Å². The van der Waals surface area contributed by atoms with Crippen molar-refractivity contribution in [2.45, 2.75) is 31.4 Å². The Bertz CT molecular complexity index is 1390. The van der Waals surface area contributed by atoms with E-state index in [1.165, 1.54) is 0 Å². The second-order valence-electron chi connectivity index (χ2n) is 8.22. The predicted molar refractivity (Wildman–Crippen MR) is 126 cm³/mol. The molecule has 0 saturated heterocycles. The number of aliphatic hydroxyl groups is 1. The Morgan fingerprint density at radius 3 is 2.38 bits per heavy atom. The standard InChI is InChI=1S/C25H19F4N3OS/c1-15-6-8-17(9-7-15)21-14-34-23(30-21)32-24(33,25(28,29)22(26)27)13-20(31-32)19-11-10-16-4-2-3-5-18(16)12-19/h2-12,14,22,33H,13H2,1H3/t24-/m1/s1. The Balaban J connectivity index is 1.59. The molecule has 5 rings (SSSR count). The van der Waals surface area contributed by atoms with Crippen molar-refractivity contribution in [2.24, 2.45) is 5.10 Å². The van der Waals surface area contributed by atoms with E-state index in [4.69, 9.17) is 0 Å². The van der Waals surface area contributed by atoms with E-state index in [9.17, 15) is 22.7 Å². The van der Waals surface area contributed by atoms with Gasteiger partial charge in [0.25, 0.3) is 0 Å². The SMILES string of the molecule is Cc1ccc(-c2csc(N3N=C(c4ccc5ccccc5c4)C[C@@]3(O)C(F)(F)C(F)F)n2)cc1. The Kier molecular flexibility index (Phi) is 5.41. The highest BCUT2D eigenvalue weighted by Crippen LogP contribution is 2.47. The fourth-order valence-electron chi connectivity index (χ4n) is 3.93. The highest BCUT2D eigenvalue weighted by Gasteiger charge is 2.66. The van der Waals surface area contributed by atoms with E-state index in [1.54, 1.807) is 23.6 Å². The van der Waals surface area contributed by atoms with Crippen LogP contribution in [-0.2, 0) is 0 Å².